The second kappa shape index (κ2) is 8.59. The summed E-state index contributed by atoms with van der Waals surface area (Å²) in [6.45, 7) is 7.87. The topological polar surface area (TPSA) is 79.3 Å². The molecule has 0 saturated carbocycles. The van der Waals surface area contributed by atoms with Crippen LogP contribution in [0, 0.1) is 5.92 Å². The van der Waals surface area contributed by atoms with E-state index >= 15 is 0 Å². The third kappa shape index (κ3) is 4.90. The van der Waals surface area contributed by atoms with Crippen LogP contribution in [0.3, 0.4) is 0 Å². The third-order valence-corrected chi connectivity index (χ3v) is 5.12. The summed E-state index contributed by atoms with van der Waals surface area (Å²) in [5.74, 6) is -0.422. The molecule has 1 aromatic carbocycles. The summed E-state index contributed by atoms with van der Waals surface area (Å²) in [5, 5.41) is 9.44. The number of amides is 1. The molecular formula is C21H30N2O5. The van der Waals surface area contributed by atoms with E-state index in [1.165, 1.54) is 10.5 Å². The molecule has 0 spiro atoms. The van der Waals surface area contributed by atoms with Gasteiger partial charge in [0.1, 0.15) is 18.2 Å². The van der Waals surface area contributed by atoms with Crippen molar-refractivity contribution in [3.63, 3.8) is 0 Å². The van der Waals surface area contributed by atoms with Gasteiger partial charge in [-0.05, 0) is 26.3 Å². The molecule has 0 aliphatic carbocycles. The number of aliphatic hydroxyl groups is 1. The van der Waals surface area contributed by atoms with Gasteiger partial charge in [0, 0.05) is 32.1 Å². The van der Waals surface area contributed by atoms with Gasteiger partial charge in [-0.3, -0.25) is 14.6 Å². The lowest BCUT2D eigenvalue weighted by Gasteiger charge is -2.29. The number of nitrogens with zero attached hydrogens (tertiary/aromatic N) is 2. The van der Waals surface area contributed by atoms with E-state index < -0.39 is 36.2 Å². The van der Waals surface area contributed by atoms with Gasteiger partial charge in [0.05, 0.1) is 12.7 Å². The Morgan fingerprint density at radius 3 is 2.57 bits per heavy atom. The van der Waals surface area contributed by atoms with Crippen molar-refractivity contribution in [2.75, 3.05) is 32.8 Å². The quantitative estimate of drug-likeness (QED) is 0.843. The van der Waals surface area contributed by atoms with Crippen molar-refractivity contribution in [1.29, 1.82) is 0 Å². The molecule has 3 rings (SSSR count). The fourth-order valence-corrected chi connectivity index (χ4v) is 3.98. The predicted molar refractivity (Wildman–Crippen MR) is 104 cm³/mol. The first-order valence-corrected chi connectivity index (χ1v) is 9.79. The summed E-state index contributed by atoms with van der Waals surface area (Å²) >= 11 is 0. The van der Waals surface area contributed by atoms with Gasteiger partial charge in [0.2, 0.25) is 0 Å². The number of benzene rings is 1. The Kier molecular flexibility index (Phi) is 6.37. The average Bonchev–Trinajstić information content (AvgIpc) is 2.87. The summed E-state index contributed by atoms with van der Waals surface area (Å²) in [5.41, 5.74) is 0.556. The smallest absolute Gasteiger partial charge is 0.411 e. The number of hydrogen-bond acceptors (Lipinski definition) is 6. The van der Waals surface area contributed by atoms with Gasteiger partial charge < -0.3 is 14.6 Å². The lowest BCUT2D eigenvalue weighted by molar-refractivity contribution is -0.130. The SMILES string of the molecule is CC(C)(C)OC(=O)N1C[C@@H]2CN(Cc3ccccc3)CCO[C@H]2[C@H]1C(=O)CO. The molecule has 7 heteroatoms. The van der Waals surface area contributed by atoms with Crippen LogP contribution in [0.4, 0.5) is 4.79 Å². The summed E-state index contributed by atoms with van der Waals surface area (Å²) in [4.78, 5) is 28.9. The van der Waals surface area contributed by atoms with Crippen LogP contribution >= 0.6 is 0 Å². The fourth-order valence-electron chi connectivity index (χ4n) is 3.98. The van der Waals surface area contributed by atoms with Crippen LogP contribution in [0.2, 0.25) is 0 Å². The van der Waals surface area contributed by atoms with Crippen LogP contribution in [0.1, 0.15) is 26.3 Å². The summed E-state index contributed by atoms with van der Waals surface area (Å²) in [7, 11) is 0. The Morgan fingerprint density at radius 1 is 1.21 bits per heavy atom. The Hall–Kier alpha value is -1.96. The predicted octanol–water partition coefficient (Wildman–Crippen LogP) is 1.68. The summed E-state index contributed by atoms with van der Waals surface area (Å²) in [6.07, 6.45) is -0.960. The molecule has 0 aromatic heterocycles. The van der Waals surface area contributed by atoms with E-state index in [4.69, 9.17) is 9.47 Å². The molecule has 7 nitrogen and oxygen atoms in total. The molecule has 2 aliphatic heterocycles. The van der Waals surface area contributed by atoms with E-state index in [0.29, 0.717) is 19.7 Å². The maximum Gasteiger partial charge on any atom is 0.411 e. The first-order valence-electron chi connectivity index (χ1n) is 9.79. The van der Waals surface area contributed by atoms with Crippen LogP contribution in [0.5, 0.6) is 0 Å². The minimum atomic E-state index is -0.804. The van der Waals surface area contributed by atoms with E-state index in [1.807, 2.05) is 18.2 Å². The van der Waals surface area contributed by atoms with E-state index in [0.717, 1.165) is 13.1 Å². The van der Waals surface area contributed by atoms with Gasteiger partial charge in [0.15, 0.2) is 5.78 Å². The number of rotatable bonds is 4. The molecule has 3 atom stereocenters. The van der Waals surface area contributed by atoms with Crippen molar-refractivity contribution in [2.45, 2.75) is 45.1 Å². The normalized spacial score (nSPS) is 25.9. The minimum absolute atomic E-state index is 0.0146. The zero-order valence-corrected chi connectivity index (χ0v) is 16.8. The molecule has 2 fully saturated rings. The Balaban J connectivity index is 1.76. The number of aliphatic hydroxyl groups excluding tert-OH is 1. The van der Waals surface area contributed by atoms with Gasteiger partial charge >= 0.3 is 6.09 Å². The standard InChI is InChI=1S/C21H30N2O5/c1-21(2,3)28-20(26)23-13-16-12-22(11-15-7-5-4-6-8-15)9-10-27-19(16)18(23)17(25)14-24/h4-8,16,18-19,24H,9-14H2,1-3H3/t16-,18+,19+/m0/s1. The van der Waals surface area contributed by atoms with Gasteiger partial charge in [-0.2, -0.15) is 0 Å². The van der Waals surface area contributed by atoms with Crippen molar-refractivity contribution in [3.05, 3.63) is 35.9 Å². The second-order valence-corrected chi connectivity index (χ2v) is 8.52. The fraction of sp³-hybridized carbons (Fsp3) is 0.619. The molecular weight excluding hydrogens is 360 g/mol. The number of ether oxygens (including phenoxy) is 2. The number of Topliss-reactive ketones (excluding diaryl/α,β-unsaturated/α-hetero) is 1. The number of hydrogen-bond donors (Lipinski definition) is 1. The van der Waals surface area contributed by atoms with Gasteiger partial charge in [0.25, 0.3) is 0 Å². The van der Waals surface area contributed by atoms with E-state index in [-0.39, 0.29) is 5.92 Å². The highest BCUT2D eigenvalue weighted by Gasteiger charge is 2.50. The highest BCUT2D eigenvalue weighted by molar-refractivity contribution is 5.89. The Labute approximate surface area is 166 Å². The third-order valence-electron chi connectivity index (χ3n) is 5.12. The van der Waals surface area contributed by atoms with E-state index in [9.17, 15) is 14.7 Å². The molecule has 0 bridgehead atoms. The molecule has 2 saturated heterocycles. The molecule has 2 aliphatic rings. The van der Waals surface area contributed by atoms with Crippen molar-refractivity contribution in [2.24, 2.45) is 5.92 Å². The molecule has 154 valence electrons. The van der Waals surface area contributed by atoms with Crippen LogP contribution in [0.15, 0.2) is 30.3 Å². The first kappa shape index (κ1) is 20.8. The number of carbonyl (C=O) groups is 2. The number of ketones is 1. The maximum absolute atomic E-state index is 12.7. The molecule has 1 N–H and O–H groups in total. The maximum atomic E-state index is 12.7. The zero-order valence-electron chi connectivity index (χ0n) is 16.8. The van der Waals surface area contributed by atoms with Crippen LogP contribution < -0.4 is 0 Å². The monoisotopic (exact) mass is 390 g/mol. The minimum Gasteiger partial charge on any atom is -0.444 e. The Morgan fingerprint density at radius 2 is 1.93 bits per heavy atom. The number of carbonyl (C=O) groups excluding carboxylic acids is 2. The first-order chi connectivity index (χ1) is 13.3. The molecule has 28 heavy (non-hydrogen) atoms. The molecule has 0 unspecified atom stereocenters. The van der Waals surface area contributed by atoms with Crippen LogP contribution in [-0.4, -0.2) is 77.4 Å². The lowest BCUT2D eigenvalue weighted by Crippen LogP contribution is -2.48. The number of fused-ring (bicyclic) bond motifs is 1. The Bertz CT molecular complexity index is 688. The van der Waals surface area contributed by atoms with Gasteiger partial charge in [-0.1, -0.05) is 30.3 Å². The summed E-state index contributed by atoms with van der Waals surface area (Å²) in [6, 6.07) is 9.39. The molecule has 2 heterocycles. The summed E-state index contributed by atoms with van der Waals surface area (Å²) < 4.78 is 11.5. The molecule has 0 radical (unpaired) electrons. The van der Waals surface area contributed by atoms with Crippen LogP contribution in [-0.2, 0) is 20.8 Å². The van der Waals surface area contributed by atoms with Gasteiger partial charge in [-0.25, -0.2) is 4.79 Å². The average molecular weight is 390 g/mol. The van der Waals surface area contributed by atoms with Crippen LogP contribution in [0.25, 0.3) is 0 Å². The highest BCUT2D eigenvalue weighted by Crippen LogP contribution is 2.31. The molecule has 1 aromatic rings. The van der Waals surface area contributed by atoms with E-state index in [2.05, 4.69) is 17.0 Å². The van der Waals surface area contributed by atoms with Crippen molar-refractivity contribution >= 4 is 11.9 Å². The highest BCUT2D eigenvalue weighted by atomic mass is 16.6. The molecule has 1 amide bonds. The lowest BCUT2D eigenvalue weighted by atomic mass is 9.98. The largest absolute Gasteiger partial charge is 0.444 e. The van der Waals surface area contributed by atoms with Crippen molar-refractivity contribution in [3.8, 4) is 0 Å². The van der Waals surface area contributed by atoms with Gasteiger partial charge in [-0.15, -0.1) is 0 Å². The van der Waals surface area contributed by atoms with Crippen molar-refractivity contribution in [1.82, 2.24) is 9.80 Å². The number of likely N-dealkylation sites (tertiary alicyclic amines) is 1. The van der Waals surface area contributed by atoms with Crippen molar-refractivity contribution < 1.29 is 24.2 Å². The zero-order chi connectivity index (χ0) is 20.3. The van der Waals surface area contributed by atoms with E-state index in [1.54, 1.807) is 20.8 Å². The second-order valence-electron chi connectivity index (χ2n) is 8.52.